The third-order valence-electron chi connectivity index (χ3n) is 2.37. The van der Waals surface area contributed by atoms with E-state index in [1.165, 1.54) is 27.8 Å². The molecular formula is C9H12BrNS. The van der Waals surface area contributed by atoms with Crippen molar-refractivity contribution in [2.75, 3.05) is 0 Å². The number of thiophene rings is 1. The maximum absolute atomic E-state index is 6.04. The predicted molar refractivity (Wildman–Crippen MR) is 56.6 cm³/mol. The summed E-state index contributed by atoms with van der Waals surface area (Å²) in [7, 11) is 0. The highest BCUT2D eigenvalue weighted by atomic mass is 79.9. The van der Waals surface area contributed by atoms with Gasteiger partial charge in [0.15, 0.2) is 0 Å². The van der Waals surface area contributed by atoms with Crippen LogP contribution in [0.3, 0.4) is 0 Å². The summed E-state index contributed by atoms with van der Waals surface area (Å²) in [5.41, 5.74) is 7.51. The molecule has 2 rings (SSSR count). The van der Waals surface area contributed by atoms with Gasteiger partial charge in [0.1, 0.15) is 0 Å². The Morgan fingerprint density at radius 1 is 1.67 bits per heavy atom. The minimum atomic E-state index is 0.139. The molecular weight excluding hydrogens is 234 g/mol. The smallest absolute Gasteiger partial charge is 0.0344 e. The zero-order valence-corrected chi connectivity index (χ0v) is 9.46. The number of nitrogens with two attached hydrogens (primary N) is 1. The molecule has 0 saturated heterocycles. The second-order valence-electron chi connectivity index (χ2n) is 3.70. The van der Waals surface area contributed by atoms with Gasteiger partial charge in [0, 0.05) is 21.3 Å². The molecule has 1 aliphatic carbocycles. The average molecular weight is 246 g/mol. The van der Waals surface area contributed by atoms with Crippen LogP contribution in [0.25, 0.3) is 0 Å². The Balaban J connectivity index is 2.17. The predicted octanol–water partition coefficient (Wildman–Crippen LogP) is 2.85. The summed E-state index contributed by atoms with van der Waals surface area (Å²) < 4.78 is 1.27. The Bertz CT molecular complexity index is 301. The van der Waals surface area contributed by atoms with Crippen molar-refractivity contribution in [3.63, 3.8) is 0 Å². The monoisotopic (exact) mass is 245 g/mol. The summed E-state index contributed by atoms with van der Waals surface area (Å²) in [6.07, 6.45) is 3.43. The van der Waals surface area contributed by atoms with Crippen LogP contribution in [0, 0.1) is 6.92 Å². The van der Waals surface area contributed by atoms with Gasteiger partial charge in [0.05, 0.1) is 0 Å². The van der Waals surface area contributed by atoms with E-state index in [1.54, 1.807) is 0 Å². The lowest BCUT2D eigenvalue weighted by Crippen LogP contribution is -2.24. The first-order valence-corrected chi connectivity index (χ1v) is 5.79. The van der Waals surface area contributed by atoms with Crippen LogP contribution in [-0.4, -0.2) is 5.54 Å². The van der Waals surface area contributed by atoms with Crippen molar-refractivity contribution in [3.8, 4) is 0 Å². The molecule has 1 fully saturated rings. The lowest BCUT2D eigenvalue weighted by Gasteiger charge is -2.06. The van der Waals surface area contributed by atoms with E-state index in [-0.39, 0.29) is 5.54 Å². The van der Waals surface area contributed by atoms with Crippen LogP contribution in [0.5, 0.6) is 0 Å². The van der Waals surface area contributed by atoms with Crippen molar-refractivity contribution in [1.82, 2.24) is 0 Å². The Kier molecular flexibility index (Phi) is 2.05. The summed E-state index contributed by atoms with van der Waals surface area (Å²) in [6.45, 7) is 2.13. The minimum absolute atomic E-state index is 0.139. The van der Waals surface area contributed by atoms with Crippen molar-refractivity contribution in [1.29, 1.82) is 0 Å². The Morgan fingerprint density at radius 3 is 2.75 bits per heavy atom. The molecule has 2 N–H and O–H groups in total. The maximum atomic E-state index is 6.04. The largest absolute Gasteiger partial charge is 0.325 e. The van der Waals surface area contributed by atoms with E-state index in [4.69, 9.17) is 5.73 Å². The first-order chi connectivity index (χ1) is 5.61. The molecule has 0 aromatic carbocycles. The fraction of sp³-hybridized carbons (Fsp3) is 0.556. The van der Waals surface area contributed by atoms with Crippen LogP contribution < -0.4 is 5.73 Å². The summed E-state index contributed by atoms with van der Waals surface area (Å²) in [5, 5.41) is 2.19. The van der Waals surface area contributed by atoms with E-state index in [1.807, 2.05) is 11.3 Å². The zero-order chi connectivity index (χ0) is 8.77. The van der Waals surface area contributed by atoms with E-state index in [0.29, 0.717) is 0 Å². The van der Waals surface area contributed by atoms with Gasteiger partial charge in [-0.3, -0.25) is 0 Å². The van der Waals surface area contributed by atoms with Gasteiger partial charge in [0.2, 0.25) is 0 Å². The molecule has 0 unspecified atom stereocenters. The van der Waals surface area contributed by atoms with Gasteiger partial charge in [-0.05, 0) is 46.6 Å². The number of hydrogen-bond donors (Lipinski definition) is 1. The molecule has 0 atom stereocenters. The van der Waals surface area contributed by atoms with Crippen LogP contribution >= 0.6 is 27.3 Å². The molecule has 1 aromatic rings. The molecule has 0 amide bonds. The molecule has 66 valence electrons. The molecule has 1 aliphatic rings. The van der Waals surface area contributed by atoms with Crippen molar-refractivity contribution < 1.29 is 0 Å². The van der Waals surface area contributed by atoms with E-state index < -0.39 is 0 Å². The number of aryl methyl sites for hydroxylation is 1. The molecule has 3 heteroatoms. The quantitative estimate of drug-likeness (QED) is 0.853. The Morgan fingerprint density at radius 2 is 2.33 bits per heavy atom. The van der Waals surface area contributed by atoms with Gasteiger partial charge in [-0.15, -0.1) is 11.3 Å². The van der Waals surface area contributed by atoms with E-state index in [2.05, 4.69) is 28.2 Å². The summed E-state index contributed by atoms with van der Waals surface area (Å²) >= 11 is 5.40. The number of rotatable bonds is 2. The fourth-order valence-electron chi connectivity index (χ4n) is 1.26. The van der Waals surface area contributed by atoms with Crippen LogP contribution in [-0.2, 0) is 6.42 Å². The van der Waals surface area contributed by atoms with Gasteiger partial charge in [-0.2, -0.15) is 0 Å². The highest BCUT2D eigenvalue weighted by Gasteiger charge is 2.38. The molecule has 1 saturated carbocycles. The molecule has 1 aromatic heterocycles. The van der Waals surface area contributed by atoms with Gasteiger partial charge in [-0.1, -0.05) is 0 Å². The van der Waals surface area contributed by atoms with Crippen LogP contribution in [0.1, 0.15) is 23.3 Å². The Labute approximate surface area is 85.1 Å². The molecule has 0 radical (unpaired) electrons. The second-order valence-corrected chi connectivity index (χ2v) is 5.45. The third kappa shape index (κ3) is 1.58. The van der Waals surface area contributed by atoms with Gasteiger partial charge in [0.25, 0.3) is 0 Å². The van der Waals surface area contributed by atoms with Crippen molar-refractivity contribution in [3.05, 3.63) is 20.3 Å². The van der Waals surface area contributed by atoms with Crippen molar-refractivity contribution in [2.45, 2.75) is 31.7 Å². The second kappa shape index (κ2) is 2.82. The number of hydrogen-bond acceptors (Lipinski definition) is 2. The van der Waals surface area contributed by atoms with Gasteiger partial charge in [-0.25, -0.2) is 0 Å². The SMILES string of the molecule is Cc1csc(CC2(N)CC2)c1Br. The van der Waals surface area contributed by atoms with E-state index in [9.17, 15) is 0 Å². The lowest BCUT2D eigenvalue weighted by molar-refractivity contribution is 0.678. The van der Waals surface area contributed by atoms with Crippen LogP contribution in [0.15, 0.2) is 9.85 Å². The molecule has 0 spiro atoms. The molecule has 12 heavy (non-hydrogen) atoms. The first kappa shape index (κ1) is 8.73. The third-order valence-corrected chi connectivity index (χ3v) is 4.84. The molecule has 1 nitrogen and oxygen atoms in total. The van der Waals surface area contributed by atoms with Crippen molar-refractivity contribution in [2.24, 2.45) is 5.73 Å². The van der Waals surface area contributed by atoms with Crippen LogP contribution in [0.4, 0.5) is 0 Å². The maximum Gasteiger partial charge on any atom is 0.0344 e. The lowest BCUT2D eigenvalue weighted by atomic mass is 10.1. The normalized spacial score (nSPS) is 19.6. The van der Waals surface area contributed by atoms with Crippen molar-refractivity contribution >= 4 is 27.3 Å². The summed E-state index contributed by atoms with van der Waals surface area (Å²) in [4.78, 5) is 1.41. The molecule has 0 aliphatic heterocycles. The molecule has 1 heterocycles. The van der Waals surface area contributed by atoms with Gasteiger partial charge >= 0.3 is 0 Å². The first-order valence-electron chi connectivity index (χ1n) is 4.12. The highest BCUT2D eigenvalue weighted by Crippen LogP contribution is 2.39. The summed E-state index contributed by atoms with van der Waals surface area (Å²) in [5.74, 6) is 0. The fourth-order valence-corrected chi connectivity index (χ4v) is 3.02. The molecule has 0 bridgehead atoms. The average Bonchev–Trinajstić information content (AvgIpc) is 2.68. The Hall–Kier alpha value is 0.140. The topological polar surface area (TPSA) is 26.0 Å². The van der Waals surface area contributed by atoms with Gasteiger partial charge < -0.3 is 5.73 Å². The van der Waals surface area contributed by atoms with Crippen LogP contribution in [0.2, 0.25) is 0 Å². The van der Waals surface area contributed by atoms with E-state index in [0.717, 1.165) is 6.42 Å². The highest BCUT2D eigenvalue weighted by molar-refractivity contribution is 9.10. The minimum Gasteiger partial charge on any atom is -0.325 e. The van der Waals surface area contributed by atoms with E-state index >= 15 is 0 Å². The standard InChI is InChI=1S/C9H12BrNS/c1-6-5-12-7(8(6)10)4-9(11)2-3-9/h5H,2-4,11H2,1H3. The zero-order valence-electron chi connectivity index (χ0n) is 7.06. The number of halogens is 1. The summed E-state index contributed by atoms with van der Waals surface area (Å²) in [6, 6.07) is 0.